The van der Waals surface area contributed by atoms with Gasteiger partial charge in [-0.25, -0.2) is 4.79 Å². The number of aliphatic carboxylic acids is 2. The highest BCUT2D eigenvalue weighted by Gasteiger charge is 2.44. The van der Waals surface area contributed by atoms with Crippen LogP contribution < -0.4 is 33.2 Å². The summed E-state index contributed by atoms with van der Waals surface area (Å²) in [6.45, 7) is 1.42. The molecular formula is C38H53F4N7O8. The Kier molecular flexibility index (Phi) is 19.5. The number of unbranched alkanes of at least 4 members (excludes halogenated alkanes) is 1. The van der Waals surface area contributed by atoms with Gasteiger partial charge in [0.25, 0.3) is 0 Å². The van der Waals surface area contributed by atoms with Crippen LogP contribution in [0.3, 0.4) is 0 Å². The minimum atomic E-state index is -5.08. The molecule has 3 unspecified atom stereocenters. The van der Waals surface area contributed by atoms with Gasteiger partial charge in [-0.15, -0.1) is 0 Å². The lowest BCUT2D eigenvalue weighted by Gasteiger charge is -2.42. The second-order valence-corrected chi connectivity index (χ2v) is 13.9. The number of carboxylic acids is 2. The van der Waals surface area contributed by atoms with E-state index in [9.17, 15) is 46.6 Å². The van der Waals surface area contributed by atoms with Crippen molar-refractivity contribution in [3.8, 4) is 0 Å². The summed E-state index contributed by atoms with van der Waals surface area (Å²) < 4.78 is 45.1. The topological polar surface area (TPSA) is 260 Å². The summed E-state index contributed by atoms with van der Waals surface area (Å²) in [6, 6.07) is 13.4. The van der Waals surface area contributed by atoms with Crippen molar-refractivity contribution < 1.29 is 56.5 Å². The van der Waals surface area contributed by atoms with Gasteiger partial charge < -0.3 is 48.3 Å². The van der Waals surface area contributed by atoms with Crippen molar-refractivity contribution in [1.82, 2.24) is 20.9 Å². The molecule has 1 fully saturated rings. The molecular weight excluding hydrogens is 758 g/mol. The van der Waals surface area contributed by atoms with Gasteiger partial charge in [0.15, 0.2) is 0 Å². The van der Waals surface area contributed by atoms with E-state index in [0.717, 1.165) is 11.1 Å². The van der Waals surface area contributed by atoms with Crippen molar-refractivity contribution in [3.63, 3.8) is 0 Å². The molecule has 11 N–H and O–H groups in total. The summed E-state index contributed by atoms with van der Waals surface area (Å²) in [4.78, 5) is 76.7. The highest BCUT2D eigenvalue weighted by molar-refractivity contribution is 5.95. The molecule has 1 heterocycles. The number of alkyl halides is 4. The highest BCUT2D eigenvalue weighted by Crippen LogP contribution is 2.26. The maximum Gasteiger partial charge on any atom is 0.490 e. The van der Waals surface area contributed by atoms with Gasteiger partial charge in [0.1, 0.15) is 23.7 Å². The largest absolute Gasteiger partial charge is 0.490 e. The van der Waals surface area contributed by atoms with E-state index in [2.05, 4.69) is 16.0 Å². The molecule has 0 saturated carbocycles. The molecule has 2 aromatic rings. The molecule has 0 radical (unpaired) electrons. The average Bonchev–Trinajstić information content (AvgIpc) is 3.16. The van der Waals surface area contributed by atoms with Gasteiger partial charge in [-0.05, 0) is 76.0 Å². The summed E-state index contributed by atoms with van der Waals surface area (Å²) in [5, 5.41) is 24.9. The van der Waals surface area contributed by atoms with E-state index in [1.807, 2.05) is 36.4 Å². The number of hydrogen-bond donors (Lipinski definition) is 8. The first-order chi connectivity index (χ1) is 26.8. The fourth-order valence-corrected chi connectivity index (χ4v) is 6.15. The molecule has 2 aromatic carbocycles. The van der Waals surface area contributed by atoms with Crippen molar-refractivity contribution in [2.24, 2.45) is 17.2 Å². The van der Waals surface area contributed by atoms with E-state index >= 15 is 0 Å². The molecule has 316 valence electrons. The fourth-order valence-electron chi connectivity index (χ4n) is 6.15. The summed E-state index contributed by atoms with van der Waals surface area (Å²) in [5.74, 6) is -6.22. The molecule has 57 heavy (non-hydrogen) atoms. The Morgan fingerprint density at radius 2 is 1.30 bits per heavy atom. The van der Waals surface area contributed by atoms with Gasteiger partial charge in [-0.3, -0.25) is 28.4 Å². The number of halogens is 4. The van der Waals surface area contributed by atoms with E-state index in [-0.39, 0.29) is 51.5 Å². The van der Waals surface area contributed by atoms with E-state index < -0.39 is 84.2 Å². The standard InChI is InChI=1S/C36H52FN7O6.C2HF3O2/c1-24-23-36(40,35(49)50)17-20-44(24)34(48)29(15-8-9-19-38)42-32(46)28(16-10-18-37)41-33(47)30(22-26-13-6-3-7-14-26)43-31(45)27(39)21-25-11-4-2-5-12-25;3-2(4,5)1(6)7/h2-7,11-14,24,27-30H,8-10,15-23,38-40H2,1H3,(H,41,47)(H,42,46)(H,43,45)(H,49,50);(H,6,7)/t24?,27-,28?,29-,30-,36?;/m1./s1. The molecule has 0 aliphatic carbocycles. The SMILES string of the molecule is CC1CC(N)(C(=O)O)CCN1C(=O)[C@@H](CCCCN)NC(=O)C(CCCF)NC(=O)[C@@H](Cc1ccccc1)NC(=O)[C@H](N)Cc1ccccc1.O=C(O)C(F)(F)F. The Balaban J connectivity index is 0.00000146. The van der Waals surface area contributed by atoms with Gasteiger partial charge in [-0.2, -0.15) is 13.2 Å². The Hall–Kier alpha value is -5.14. The highest BCUT2D eigenvalue weighted by atomic mass is 19.4. The summed E-state index contributed by atoms with van der Waals surface area (Å²) in [7, 11) is 0. The zero-order valence-corrected chi connectivity index (χ0v) is 31.7. The van der Waals surface area contributed by atoms with E-state index in [4.69, 9.17) is 27.1 Å². The van der Waals surface area contributed by atoms with Crippen molar-refractivity contribution >= 4 is 35.6 Å². The normalized spacial score (nSPS) is 18.7. The lowest BCUT2D eigenvalue weighted by Crippen LogP contribution is -2.63. The lowest BCUT2D eigenvalue weighted by atomic mass is 9.84. The van der Waals surface area contributed by atoms with Crippen LogP contribution >= 0.6 is 0 Å². The van der Waals surface area contributed by atoms with Gasteiger partial charge in [0.2, 0.25) is 23.6 Å². The van der Waals surface area contributed by atoms with E-state index in [1.54, 1.807) is 31.2 Å². The van der Waals surface area contributed by atoms with Crippen molar-refractivity contribution in [3.05, 3.63) is 71.8 Å². The number of carbonyl (C=O) groups excluding carboxylic acids is 4. The van der Waals surface area contributed by atoms with Gasteiger partial charge in [-0.1, -0.05) is 60.7 Å². The number of rotatable bonds is 19. The fraction of sp³-hybridized carbons (Fsp3) is 0.526. The predicted molar refractivity (Wildman–Crippen MR) is 201 cm³/mol. The number of benzene rings is 2. The Labute approximate surface area is 328 Å². The Morgan fingerprint density at radius 1 is 0.807 bits per heavy atom. The molecule has 19 heteroatoms. The van der Waals surface area contributed by atoms with Crippen LogP contribution in [-0.2, 0) is 41.6 Å². The third kappa shape index (κ3) is 16.1. The van der Waals surface area contributed by atoms with Crippen LogP contribution in [0.2, 0.25) is 0 Å². The van der Waals surface area contributed by atoms with Crippen LogP contribution in [0.1, 0.15) is 63.0 Å². The van der Waals surface area contributed by atoms with Crippen LogP contribution in [0.25, 0.3) is 0 Å². The lowest BCUT2D eigenvalue weighted by molar-refractivity contribution is -0.192. The number of nitrogens with two attached hydrogens (primary N) is 3. The van der Waals surface area contributed by atoms with Crippen LogP contribution in [0, 0.1) is 0 Å². The molecule has 1 saturated heterocycles. The number of nitrogens with one attached hydrogen (secondary N) is 3. The van der Waals surface area contributed by atoms with E-state index in [0.29, 0.717) is 19.4 Å². The number of hydrogen-bond acceptors (Lipinski definition) is 9. The third-order valence-electron chi connectivity index (χ3n) is 9.31. The molecule has 1 aliphatic rings. The van der Waals surface area contributed by atoms with Crippen LogP contribution in [0.5, 0.6) is 0 Å². The molecule has 3 rings (SSSR count). The van der Waals surface area contributed by atoms with Crippen molar-refractivity contribution in [2.75, 3.05) is 19.8 Å². The van der Waals surface area contributed by atoms with Gasteiger partial charge in [0, 0.05) is 19.0 Å². The minimum Gasteiger partial charge on any atom is -0.480 e. The van der Waals surface area contributed by atoms with Gasteiger partial charge in [0.05, 0.1) is 12.7 Å². The summed E-state index contributed by atoms with van der Waals surface area (Å²) in [5.41, 5.74) is 18.1. The minimum absolute atomic E-state index is 0.0379. The predicted octanol–water partition coefficient (Wildman–Crippen LogP) is 1.56. The second-order valence-electron chi connectivity index (χ2n) is 13.9. The van der Waals surface area contributed by atoms with Crippen LogP contribution in [0.15, 0.2) is 60.7 Å². The first-order valence-electron chi connectivity index (χ1n) is 18.5. The van der Waals surface area contributed by atoms with E-state index in [1.165, 1.54) is 4.90 Å². The quantitative estimate of drug-likeness (QED) is 0.0746. The number of carboxylic acid groups (broad SMARTS) is 2. The first kappa shape index (κ1) is 48.0. The zero-order valence-electron chi connectivity index (χ0n) is 31.7. The smallest absolute Gasteiger partial charge is 0.480 e. The molecule has 6 atom stereocenters. The third-order valence-corrected chi connectivity index (χ3v) is 9.31. The zero-order chi connectivity index (χ0) is 42.8. The number of amides is 4. The van der Waals surface area contributed by atoms with Gasteiger partial charge >= 0.3 is 18.1 Å². The number of nitrogens with zero attached hydrogens (tertiary/aromatic N) is 1. The van der Waals surface area contributed by atoms with Crippen molar-refractivity contribution in [1.29, 1.82) is 0 Å². The summed E-state index contributed by atoms with van der Waals surface area (Å²) in [6.07, 6.45) is -3.42. The number of piperidine rings is 1. The molecule has 1 aliphatic heterocycles. The monoisotopic (exact) mass is 811 g/mol. The molecule has 15 nitrogen and oxygen atoms in total. The summed E-state index contributed by atoms with van der Waals surface area (Å²) >= 11 is 0. The first-order valence-corrected chi connectivity index (χ1v) is 18.5. The Bertz CT molecular complexity index is 1620. The second kappa shape index (κ2) is 23.2. The maximum atomic E-state index is 13.8. The van der Waals surface area contributed by atoms with Crippen LogP contribution in [0.4, 0.5) is 17.6 Å². The van der Waals surface area contributed by atoms with Crippen molar-refractivity contribution in [2.45, 2.75) is 107 Å². The molecule has 0 aromatic heterocycles. The molecule has 0 bridgehead atoms. The number of carbonyl (C=O) groups is 6. The molecule has 0 spiro atoms. The average molecular weight is 812 g/mol. The Morgan fingerprint density at radius 3 is 1.79 bits per heavy atom. The van der Waals surface area contributed by atoms with Crippen LogP contribution in [-0.4, -0.2) is 112 Å². The molecule has 4 amide bonds. The maximum absolute atomic E-state index is 13.8. The number of likely N-dealkylation sites (tertiary alicyclic amines) is 1.